The van der Waals surface area contributed by atoms with Crippen molar-refractivity contribution in [2.24, 2.45) is 0 Å². The zero-order chi connectivity index (χ0) is 10.6. The molecule has 0 saturated heterocycles. The Hall–Kier alpha value is -1.16. The lowest BCUT2D eigenvalue weighted by molar-refractivity contribution is -0.131. The first-order valence-electron chi connectivity index (χ1n) is 4.01. The number of carbonyl (C=O) groups excluding carboxylic acids is 2. The van der Waals surface area contributed by atoms with Gasteiger partial charge in [0.1, 0.15) is 11.1 Å². The van der Waals surface area contributed by atoms with Crippen molar-refractivity contribution in [2.45, 2.75) is 6.92 Å². The number of esters is 1. The van der Waals surface area contributed by atoms with Crippen LogP contribution >= 0.6 is 15.9 Å². The highest BCUT2D eigenvalue weighted by molar-refractivity contribution is 9.09. The van der Waals surface area contributed by atoms with Crippen LogP contribution in [0.3, 0.4) is 0 Å². The van der Waals surface area contributed by atoms with Crippen LogP contribution < -0.4 is 4.74 Å². The molecule has 1 aromatic carbocycles. The minimum absolute atomic E-state index is 0.110. The topological polar surface area (TPSA) is 43.4 Å². The van der Waals surface area contributed by atoms with Gasteiger partial charge < -0.3 is 4.74 Å². The Kier molecular flexibility index (Phi) is 3.83. The zero-order valence-corrected chi connectivity index (χ0v) is 9.21. The summed E-state index contributed by atoms with van der Waals surface area (Å²) in [5.74, 6) is -0.230. The minimum Gasteiger partial charge on any atom is -0.425 e. The maximum Gasteiger partial charge on any atom is 0.321 e. The summed E-state index contributed by atoms with van der Waals surface area (Å²) < 4.78 is 4.95. The van der Waals surface area contributed by atoms with Gasteiger partial charge >= 0.3 is 5.97 Å². The summed E-state index contributed by atoms with van der Waals surface area (Å²) in [6, 6.07) is 6.65. The molecule has 0 aliphatic rings. The van der Waals surface area contributed by atoms with E-state index in [-0.39, 0.29) is 11.1 Å². The summed E-state index contributed by atoms with van der Waals surface area (Å²) >= 11 is 2.97. The van der Waals surface area contributed by atoms with E-state index in [4.69, 9.17) is 4.74 Å². The Morgan fingerprint density at radius 1 is 1.36 bits per heavy atom. The van der Waals surface area contributed by atoms with Gasteiger partial charge in [0.05, 0.1) is 5.56 Å². The van der Waals surface area contributed by atoms with E-state index in [1.807, 2.05) is 0 Å². The molecule has 0 radical (unpaired) electrons. The van der Waals surface area contributed by atoms with Crippen LogP contribution in [0.1, 0.15) is 17.3 Å². The molecule has 0 bridgehead atoms. The first-order chi connectivity index (χ1) is 6.65. The van der Waals surface area contributed by atoms with Crippen molar-refractivity contribution < 1.29 is 14.3 Å². The molecule has 1 rings (SSSR count). The molecule has 0 aromatic heterocycles. The van der Waals surface area contributed by atoms with Gasteiger partial charge in [-0.05, 0) is 19.1 Å². The third-order valence-electron chi connectivity index (χ3n) is 1.60. The molecule has 14 heavy (non-hydrogen) atoms. The van der Waals surface area contributed by atoms with Crippen LogP contribution in [0.2, 0.25) is 0 Å². The fourth-order valence-electron chi connectivity index (χ4n) is 0.996. The van der Waals surface area contributed by atoms with Crippen LogP contribution in [-0.2, 0) is 4.79 Å². The lowest BCUT2D eigenvalue weighted by Gasteiger charge is -2.05. The molecule has 1 aromatic rings. The Labute approximate surface area is 90.2 Å². The lowest BCUT2D eigenvalue weighted by Crippen LogP contribution is -2.11. The summed E-state index contributed by atoms with van der Waals surface area (Å²) in [4.78, 5) is 22.1. The molecule has 4 heteroatoms. The fraction of sp³-hybridized carbons (Fsp3) is 0.200. The zero-order valence-electron chi connectivity index (χ0n) is 7.62. The molecule has 0 aliphatic carbocycles. The molecule has 3 nitrogen and oxygen atoms in total. The van der Waals surface area contributed by atoms with Gasteiger partial charge in [-0.2, -0.15) is 0 Å². The SMILES string of the molecule is CC(=O)c1ccccc1OC(=O)CBr. The summed E-state index contributed by atoms with van der Waals surface area (Å²) in [6.07, 6.45) is 0. The van der Waals surface area contributed by atoms with Gasteiger partial charge in [0.25, 0.3) is 0 Å². The number of para-hydroxylation sites is 1. The van der Waals surface area contributed by atoms with Gasteiger partial charge in [0, 0.05) is 0 Å². The van der Waals surface area contributed by atoms with Crippen LogP contribution in [0.4, 0.5) is 0 Å². The van der Waals surface area contributed by atoms with Crippen molar-refractivity contribution in [2.75, 3.05) is 5.33 Å². The first kappa shape index (κ1) is 10.9. The first-order valence-corrected chi connectivity index (χ1v) is 5.14. The highest BCUT2D eigenvalue weighted by Crippen LogP contribution is 2.18. The summed E-state index contributed by atoms with van der Waals surface area (Å²) in [6.45, 7) is 1.43. The second-order valence-corrected chi connectivity index (χ2v) is 3.22. The maximum absolute atomic E-state index is 11.1. The van der Waals surface area contributed by atoms with E-state index in [9.17, 15) is 9.59 Å². The molecule has 0 N–H and O–H groups in total. The summed E-state index contributed by atoms with van der Waals surface area (Å²) in [7, 11) is 0. The van der Waals surface area contributed by atoms with Gasteiger partial charge in [-0.25, -0.2) is 0 Å². The molecule has 0 atom stereocenters. The van der Waals surface area contributed by atoms with Crippen LogP contribution in [0.15, 0.2) is 24.3 Å². The van der Waals surface area contributed by atoms with Crippen molar-refractivity contribution in [1.82, 2.24) is 0 Å². The van der Waals surface area contributed by atoms with E-state index in [1.54, 1.807) is 24.3 Å². The van der Waals surface area contributed by atoms with E-state index in [0.717, 1.165) is 0 Å². The Morgan fingerprint density at radius 3 is 2.57 bits per heavy atom. The smallest absolute Gasteiger partial charge is 0.321 e. The van der Waals surface area contributed by atoms with Gasteiger partial charge in [-0.15, -0.1) is 0 Å². The number of halogens is 1. The monoisotopic (exact) mass is 256 g/mol. The average Bonchev–Trinajstić information content (AvgIpc) is 2.18. The second kappa shape index (κ2) is 4.91. The molecule has 0 unspecified atom stereocenters. The number of ketones is 1. The van der Waals surface area contributed by atoms with Gasteiger partial charge in [0.2, 0.25) is 0 Å². The van der Waals surface area contributed by atoms with Crippen molar-refractivity contribution >= 4 is 27.7 Å². The largest absolute Gasteiger partial charge is 0.425 e. The predicted octanol–water partition coefficient (Wildman–Crippen LogP) is 2.19. The number of ether oxygens (including phenoxy) is 1. The molecule has 0 saturated carbocycles. The van der Waals surface area contributed by atoms with Crippen molar-refractivity contribution in [3.05, 3.63) is 29.8 Å². The number of hydrogen-bond acceptors (Lipinski definition) is 3. The van der Waals surface area contributed by atoms with Crippen molar-refractivity contribution in [3.63, 3.8) is 0 Å². The quantitative estimate of drug-likeness (QED) is 0.361. The van der Waals surface area contributed by atoms with Gasteiger partial charge in [-0.1, -0.05) is 28.1 Å². The van der Waals surface area contributed by atoms with E-state index >= 15 is 0 Å². The average molecular weight is 257 g/mol. The van der Waals surface area contributed by atoms with Crippen LogP contribution in [0.5, 0.6) is 5.75 Å². The third-order valence-corrected chi connectivity index (χ3v) is 2.06. The number of carbonyl (C=O) groups is 2. The van der Waals surface area contributed by atoms with Crippen LogP contribution in [0, 0.1) is 0 Å². The molecule has 74 valence electrons. The molecule has 0 aliphatic heterocycles. The van der Waals surface area contributed by atoms with E-state index in [1.165, 1.54) is 6.92 Å². The number of rotatable bonds is 3. The van der Waals surface area contributed by atoms with E-state index in [0.29, 0.717) is 11.3 Å². The number of Topliss-reactive ketones (excluding diaryl/α,β-unsaturated/α-hetero) is 1. The Balaban J connectivity index is 2.95. The third kappa shape index (κ3) is 2.67. The highest BCUT2D eigenvalue weighted by atomic mass is 79.9. The number of alkyl halides is 1. The van der Waals surface area contributed by atoms with Gasteiger partial charge in [-0.3, -0.25) is 9.59 Å². The maximum atomic E-state index is 11.1. The van der Waals surface area contributed by atoms with Crippen molar-refractivity contribution in [1.29, 1.82) is 0 Å². The minimum atomic E-state index is -0.418. The standard InChI is InChI=1S/C10H9BrO3/c1-7(12)8-4-2-3-5-9(8)14-10(13)6-11/h2-5H,6H2,1H3. The van der Waals surface area contributed by atoms with Crippen LogP contribution in [-0.4, -0.2) is 17.1 Å². The lowest BCUT2D eigenvalue weighted by atomic mass is 10.1. The number of hydrogen-bond donors (Lipinski definition) is 0. The fourth-order valence-corrected chi connectivity index (χ4v) is 1.11. The molecule has 0 amide bonds. The van der Waals surface area contributed by atoms with Gasteiger partial charge in [0.15, 0.2) is 5.78 Å². The van der Waals surface area contributed by atoms with Crippen LogP contribution in [0.25, 0.3) is 0 Å². The molecule has 0 fully saturated rings. The molecular weight excluding hydrogens is 248 g/mol. The molecule has 0 spiro atoms. The van der Waals surface area contributed by atoms with Crippen molar-refractivity contribution in [3.8, 4) is 5.75 Å². The normalized spacial score (nSPS) is 9.57. The predicted molar refractivity (Wildman–Crippen MR) is 55.9 cm³/mol. The Morgan fingerprint density at radius 2 is 2.00 bits per heavy atom. The highest BCUT2D eigenvalue weighted by Gasteiger charge is 2.10. The van der Waals surface area contributed by atoms with E-state index < -0.39 is 5.97 Å². The molecule has 0 heterocycles. The second-order valence-electron chi connectivity index (χ2n) is 2.66. The summed E-state index contributed by atoms with van der Waals surface area (Å²) in [5.41, 5.74) is 0.418. The summed E-state index contributed by atoms with van der Waals surface area (Å²) in [5, 5.41) is 0.110. The molecular formula is C10H9BrO3. The number of benzene rings is 1. The Bertz CT molecular complexity index is 360. The van der Waals surface area contributed by atoms with E-state index in [2.05, 4.69) is 15.9 Å².